The highest BCUT2D eigenvalue weighted by Gasteiger charge is 2.24. The molecule has 3 aromatic rings. The van der Waals surface area contributed by atoms with Crippen molar-refractivity contribution in [1.82, 2.24) is 19.9 Å². The summed E-state index contributed by atoms with van der Waals surface area (Å²) < 4.78 is 1.65. The van der Waals surface area contributed by atoms with E-state index >= 15 is 0 Å². The van der Waals surface area contributed by atoms with Crippen LogP contribution in [0.5, 0.6) is 0 Å². The molecule has 1 saturated heterocycles. The summed E-state index contributed by atoms with van der Waals surface area (Å²) in [5, 5.41) is 8.06. The summed E-state index contributed by atoms with van der Waals surface area (Å²) in [6.07, 6.45) is 8.56. The molecule has 7 heteroatoms. The number of carbonyl (C=O) groups excluding carboxylic acids is 1. The van der Waals surface area contributed by atoms with Gasteiger partial charge in [0.1, 0.15) is 0 Å². The normalized spacial score (nSPS) is 17.6. The van der Waals surface area contributed by atoms with Crippen molar-refractivity contribution in [3.05, 3.63) is 59.6 Å². The summed E-state index contributed by atoms with van der Waals surface area (Å²) in [5.41, 5.74) is 2.27. The molecule has 6 nitrogen and oxygen atoms in total. The van der Waals surface area contributed by atoms with E-state index in [4.69, 9.17) is 11.6 Å². The third-order valence-electron chi connectivity index (χ3n) is 4.52. The first kappa shape index (κ1) is 15.9. The van der Waals surface area contributed by atoms with Gasteiger partial charge in [0.2, 0.25) is 0 Å². The van der Waals surface area contributed by atoms with Crippen molar-refractivity contribution < 1.29 is 4.79 Å². The van der Waals surface area contributed by atoms with E-state index in [0.29, 0.717) is 11.1 Å². The molecule has 128 valence electrons. The van der Waals surface area contributed by atoms with Gasteiger partial charge in [0.15, 0.2) is 0 Å². The lowest BCUT2D eigenvalue weighted by atomic mass is 10.0. The average Bonchev–Trinajstić information content (AvgIpc) is 3.06. The van der Waals surface area contributed by atoms with Gasteiger partial charge in [-0.05, 0) is 25.0 Å². The predicted octanol–water partition coefficient (Wildman–Crippen LogP) is 2.78. The number of nitrogens with zero attached hydrogens (tertiary/aromatic N) is 4. The maximum absolute atomic E-state index is 12.7. The first-order chi connectivity index (χ1) is 12.2. The third kappa shape index (κ3) is 3.17. The van der Waals surface area contributed by atoms with Crippen LogP contribution < -0.4 is 10.2 Å². The SMILES string of the molecule is O=C(NC1CCCN(c2ccccc2Cl)C1)c1cnn2ccncc12. The van der Waals surface area contributed by atoms with Crippen molar-refractivity contribution in [3.8, 4) is 0 Å². The van der Waals surface area contributed by atoms with E-state index in [1.165, 1.54) is 0 Å². The number of fused-ring (bicyclic) bond motifs is 1. The standard InChI is InChI=1S/C18H18ClN5O/c19-15-5-1-2-6-16(15)23-8-3-4-13(12-23)22-18(25)14-10-21-24-9-7-20-11-17(14)24/h1-2,5-7,9-11,13H,3-4,8,12H2,(H,22,25). The van der Waals surface area contributed by atoms with Gasteiger partial charge >= 0.3 is 0 Å². The van der Waals surface area contributed by atoms with Crippen molar-refractivity contribution in [2.45, 2.75) is 18.9 Å². The number of hydrogen-bond donors (Lipinski definition) is 1. The van der Waals surface area contributed by atoms with E-state index in [9.17, 15) is 4.79 Å². The van der Waals surface area contributed by atoms with Gasteiger partial charge in [0, 0.05) is 31.5 Å². The third-order valence-corrected chi connectivity index (χ3v) is 4.84. The number of amides is 1. The summed E-state index contributed by atoms with van der Waals surface area (Å²) in [6.45, 7) is 1.68. The number of rotatable bonds is 3. The molecule has 1 N–H and O–H groups in total. The van der Waals surface area contributed by atoms with Crippen LogP contribution in [0.2, 0.25) is 5.02 Å². The van der Waals surface area contributed by atoms with Gasteiger partial charge in [-0.15, -0.1) is 0 Å². The highest BCUT2D eigenvalue weighted by atomic mass is 35.5. The van der Waals surface area contributed by atoms with E-state index in [2.05, 4.69) is 20.3 Å². The number of halogens is 1. The Bertz CT molecular complexity index is 909. The van der Waals surface area contributed by atoms with Gasteiger partial charge < -0.3 is 10.2 Å². The van der Waals surface area contributed by atoms with E-state index in [-0.39, 0.29) is 11.9 Å². The Morgan fingerprint density at radius 2 is 2.16 bits per heavy atom. The molecule has 4 rings (SSSR count). The fourth-order valence-corrected chi connectivity index (χ4v) is 3.55. The fourth-order valence-electron chi connectivity index (χ4n) is 3.29. The second kappa shape index (κ2) is 6.72. The summed E-state index contributed by atoms with van der Waals surface area (Å²) in [7, 11) is 0. The highest BCUT2D eigenvalue weighted by Crippen LogP contribution is 2.27. The lowest BCUT2D eigenvalue weighted by Gasteiger charge is -2.35. The highest BCUT2D eigenvalue weighted by molar-refractivity contribution is 6.33. The molecule has 1 amide bonds. The van der Waals surface area contributed by atoms with Crippen LogP contribution in [0.4, 0.5) is 5.69 Å². The Kier molecular flexibility index (Phi) is 4.28. The molecule has 1 unspecified atom stereocenters. The number of nitrogens with one attached hydrogen (secondary N) is 1. The minimum Gasteiger partial charge on any atom is -0.368 e. The first-order valence-corrected chi connectivity index (χ1v) is 8.68. The van der Waals surface area contributed by atoms with Crippen LogP contribution in [-0.4, -0.2) is 39.6 Å². The molecule has 3 heterocycles. The van der Waals surface area contributed by atoms with Gasteiger partial charge in [0.05, 0.1) is 34.2 Å². The molecule has 1 aromatic carbocycles. The molecule has 0 spiro atoms. The number of aromatic nitrogens is 3. The molecule has 0 radical (unpaired) electrons. The summed E-state index contributed by atoms with van der Waals surface area (Å²) in [5.74, 6) is -0.117. The summed E-state index contributed by atoms with van der Waals surface area (Å²) >= 11 is 6.31. The van der Waals surface area contributed by atoms with Crippen LogP contribution in [0, 0.1) is 0 Å². The maximum atomic E-state index is 12.7. The number of para-hydroxylation sites is 1. The first-order valence-electron chi connectivity index (χ1n) is 8.30. The van der Waals surface area contributed by atoms with E-state index < -0.39 is 0 Å². The van der Waals surface area contributed by atoms with Gasteiger partial charge in [-0.1, -0.05) is 23.7 Å². The second-order valence-electron chi connectivity index (χ2n) is 6.17. The van der Waals surface area contributed by atoms with Crippen LogP contribution in [0.1, 0.15) is 23.2 Å². The molecular formula is C18H18ClN5O. The van der Waals surface area contributed by atoms with Crippen LogP contribution in [0.25, 0.3) is 5.52 Å². The van der Waals surface area contributed by atoms with Crippen LogP contribution >= 0.6 is 11.6 Å². The quantitative estimate of drug-likeness (QED) is 0.784. The lowest BCUT2D eigenvalue weighted by molar-refractivity contribution is 0.0935. The van der Waals surface area contributed by atoms with E-state index in [1.54, 1.807) is 29.3 Å². The Labute approximate surface area is 150 Å². The molecule has 0 aliphatic carbocycles. The summed E-state index contributed by atoms with van der Waals surface area (Å²) in [6, 6.07) is 7.89. The monoisotopic (exact) mass is 355 g/mol. The van der Waals surface area contributed by atoms with Crippen LogP contribution in [0.3, 0.4) is 0 Å². The van der Waals surface area contributed by atoms with E-state index in [0.717, 1.165) is 36.6 Å². The average molecular weight is 356 g/mol. The van der Waals surface area contributed by atoms with Gasteiger partial charge in [-0.25, -0.2) is 4.52 Å². The van der Waals surface area contributed by atoms with Crippen molar-refractivity contribution in [2.24, 2.45) is 0 Å². The van der Waals surface area contributed by atoms with Crippen molar-refractivity contribution >= 4 is 28.7 Å². The summed E-state index contributed by atoms with van der Waals surface area (Å²) in [4.78, 5) is 19.0. The zero-order valence-electron chi connectivity index (χ0n) is 13.6. The van der Waals surface area contributed by atoms with Crippen LogP contribution in [0.15, 0.2) is 49.1 Å². The zero-order chi connectivity index (χ0) is 17.2. The Hall–Kier alpha value is -2.60. The van der Waals surface area contributed by atoms with Gasteiger partial charge in [0.25, 0.3) is 5.91 Å². The molecule has 0 saturated carbocycles. The minimum absolute atomic E-state index is 0.0733. The number of benzene rings is 1. The van der Waals surface area contributed by atoms with Crippen molar-refractivity contribution in [3.63, 3.8) is 0 Å². The minimum atomic E-state index is -0.117. The van der Waals surface area contributed by atoms with E-state index in [1.807, 2.05) is 24.3 Å². The second-order valence-corrected chi connectivity index (χ2v) is 6.58. The lowest BCUT2D eigenvalue weighted by Crippen LogP contribution is -2.47. The number of carbonyl (C=O) groups is 1. The molecule has 2 aromatic heterocycles. The van der Waals surface area contributed by atoms with Crippen molar-refractivity contribution in [1.29, 1.82) is 0 Å². The maximum Gasteiger partial charge on any atom is 0.255 e. The molecule has 0 bridgehead atoms. The predicted molar refractivity (Wildman–Crippen MR) is 97.1 cm³/mol. The Morgan fingerprint density at radius 3 is 3.04 bits per heavy atom. The Balaban J connectivity index is 1.49. The van der Waals surface area contributed by atoms with Crippen LogP contribution in [-0.2, 0) is 0 Å². The molecule has 1 aliphatic heterocycles. The number of piperidine rings is 1. The Morgan fingerprint density at radius 1 is 1.28 bits per heavy atom. The zero-order valence-corrected chi connectivity index (χ0v) is 14.4. The smallest absolute Gasteiger partial charge is 0.255 e. The molecule has 25 heavy (non-hydrogen) atoms. The van der Waals surface area contributed by atoms with Gasteiger partial charge in [-0.2, -0.15) is 5.10 Å². The topological polar surface area (TPSA) is 62.5 Å². The number of hydrogen-bond acceptors (Lipinski definition) is 4. The molecule has 1 aliphatic rings. The van der Waals surface area contributed by atoms with Gasteiger partial charge in [-0.3, -0.25) is 9.78 Å². The molecule has 1 fully saturated rings. The molecular weight excluding hydrogens is 338 g/mol. The largest absolute Gasteiger partial charge is 0.368 e. The fraction of sp³-hybridized carbons (Fsp3) is 0.278. The molecule has 1 atom stereocenters. The van der Waals surface area contributed by atoms with Crippen molar-refractivity contribution in [2.75, 3.05) is 18.0 Å². The number of anilines is 1.